The van der Waals surface area contributed by atoms with Crippen LogP contribution in [0.25, 0.3) is 0 Å². The molecule has 0 aromatic rings. The van der Waals surface area contributed by atoms with Gasteiger partial charge in [0.05, 0.1) is 0 Å². The quantitative estimate of drug-likeness (QED) is 0.791. The van der Waals surface area contributed by atoms with Gasteiger partial charge in [-0.05, 0) is 49.8 Å². The van der Waals surface area contributed by atoms with Gasteiger partial charge in [0.15, 0.2) is 0 Å². The maximum absolute atomic E-state index is 3.70. The van der Waals surface area contributed by atoms with E-state index in [1.54, 1.807) is 0 Å². The summed E-state index contributed by atoms with van der Waals surface area (Å²) in [7, 11) is 0. The summed E-state index contributed by atoms with van der Waals surface area (Å²) in [6, 6.07) is 0. The minimum Gasteiger partial charge on any atom is -0.315 e. The van der Waals surface area contributed by atoms with Crippen LogP contribution in [0.4, 0.5) is 0 Å². The van der Waals surface area contributed by atoms with E-state index in [-0.39, 0.29) is 0 Å². The van der Waals surface area contributed by atoms with Crippen LogP contribution in [0.1, 0.15) is 45.4 Å². The molecule has 1 saturated carbocycles. The van der Waals surface area contributed by atoms with Gasteiger partial charge in [0.2, 0.25) is 0 Å². The minimum absolute atomic E-state index is 0.922. The van der Waals surface area contributed by atoms with Gasteiger partial charge in [-0.1, -0.05) is 19.8 Å². The summed E-state index contributed by atoms with van der Waals surface area (Å²) in [5.41, 5.74) is 0. The standard InChI is InChI=1S/C13H25NS/c1-11-4-2-5-12(8-11)9-14-10-13-6-3-7-15-13/h11-14H,2-10H2,1H3. The van der Waals surface area contributed by atoms with Crippen LogP contribution in [0.15, 0.2) is 0 Å². The van der Waals surface area contributed by atoms with E-state index in [0.29, 0.717) is 0 Å². The molecule has 2 heteroatoms. The highest BCUT2D eigenvalue weighted by Gasteiger charge is 2.19. The van der Waals surface area contributed by atoms with E-state index in [2.05, 4.69) is 24.0 Å². The van der Waals surface area contributed by atoms with Crippen molar-refractivity contribution in [3.8, 4) is 0 Å². The monoisotopic (exact) mass is 227 g/mol. The summed E-state index contributed by atoms with van der Waals surface area (Å²) < 4.78 is 0. The number of hydrogen-bond acceptors (Lipinski definition) is 2. The Labute approximate surface area is 98.8 Å². The maximum Gasteiger partial charge on any atom is 0.0172 e. The molecule has 0 radical (unpaired) electrons. The molecule has 2 rings (SSSR count). The number of hydrogen-bond donors (Lipinski definition) is 1. The van der Waals surface area contributed by atoms with E-state index in [9.17, 15) is 0 Å². The first-order chi connectivity index (χ1) is 7.34. The van der Waals surface area contributed by atoms with E-state index in [1.165, 1.54) is 57.4 Å². The lowest BCUT2D eigenvalue weighted by Gasteiger charge is -2.27. The van der Waals surface area contributed by atoms with Crippen molar-refractivity contribution in [3.05, 3.63) is 0 Å². The molecule has 1 nitrogen and oxygen atoms in total. The van der Waals surface area contributed by atoms with Crippen molar-refractivity contribution in [3.63, 3.8) is 0 Å². The van der Waals surface area contributed by atoms with Crippen LogP contribution >= 0.6 is 11.8 Å². The Morgan fingerprint density at radius 3 is 2.80 bits per heavy atom. The maximum atomic E-state index is 3.70. The smallest absolute Gasteiger partial charge is 0.0172 e. The van der Waals surface area contributed by atoms with E-state index in [4.69, 9.17) is 0 Å². The molecule has 0 amide bonds. The molecule has 1 saturated heterocycles. The average molecular weight is 227 g/mol. The topological polar surface area (TPSA) is 12.0 Å². The second-order valence-corrected chi connectivity index (χ2v) is 6.84. The highest BCUT2D eigenvalue weighted by molar-refractivity contribution is 8.00. The van der Waals surface area contributed by atoms with Crippen LogP contribution in [0.5, 0.6) is 0 Å². The fourth-order valence-corrected chi connectivity index (χ4v) is 4.23. The summed E-state index contributed by atoms with van der Waals surface area (Å²) in [4.78, 5) is 0. The van der Waals surface area contributed by atoms with Gasteiger partial charge in [-0.15, -0.1) is 0 Å². The lowest BCUT2D eigenvalue weighted by atomic mass is 9.82. The normalized spacial score (nSPS) is 37.0. The van der Waals surface area contributed by atoms with E-state index in [0.717, 1.165) is 17.1 Å². The first-order valence-corrected chi connectivity index (χ1v) is 7.72. The Kier molecular flexibility index (Phi) is 4.83. The number of rotatable bonds is 4. The average Bonchev–Trinajstić information content (AvgIpc) is 2.71. The Balaban J connectivity index is 1.56. The van der Waals surface area contributed by atoms with E-state index < -0.39 is 0 Å². The fourth-order valence-electron chi connectivity index (χ4n) is 3.00. The fraction of sp³-hybridized carbons (Fsp3) is 1.00. The molecule has 3 unspecified atom stereocenters. The second-order valence-electron chi connectivity index (χ2n) is 5.43. The largest absolute Gasteiger partial charge is 0.315 e. The zero-order valence-corrected chi connectivity index (χ0v) is 10.8. The third-order valence-corrected chi connectivity index (χ3v) is 5.27. The SMILES string of the molecule is CC1CCCC(CNCC2CCCS2)C1. The zero-order valence-electron chi connectivity index (χ0n) is 10.0. The summed E-state index contributed by atoms with van der Waals surface area (Å²) in [5, 5.41) is 4.62. The van der Waals surface area contributed by atoms with Crippen molar-refractivity contribution in [2.24, 2.45) is 11.8 Å². The second kappa shape index (κ2) is 6.15. The summed E-state index contributed by atoms with van der Waals surface area (Å²) in [5.74, 6) is 3.35. The Bertz CT molecular complexity index is 177. The molecule has 1 heterocycles. The first kappa shape index (κ1) is 11.8. The van der Waals surface area contributed by atoms with Crippen molar-refractivity contribution in [1.82, 2.24) is 5.32 Å². The van der Waals surface area contributed by atoms with Gasteiger partial charge in [0.1, 0.15) is 0 Å². The van der Waals surface area contributed by atoms with Crippen LogP contribution < -0.4 is 5.32 Å². The van der Waals surface area contributed by atoms with Gasteiger partial charge in [-0.2, -0.15) is 11.8 Å². The molecule has 1 N–H and O–H groups in total. The predicted molar refractivity (Wildman–Crippen MR) is 69.5 cm³/mol. The van der Waals surface area contributed by atoms with Gasteiger partial charge in [-0.25, -0.2) is 0 Å². The first-order valence-electron chi connectivity index (χ1n) is 6.67. The molecular formula is C13H25NS. The van der Waals surface area contributed by atoms with Crippen LogP contribution in [0.2, 0.25) is 0 Å². The Morgan fingerprint density at radius 2 is 2.07 bits per heavy atom. The molecule has 1 aliphatic heterocycles. The lowest BCUT2D eigenvalue weighted by Crippen LogP contribution is -2.30. The molecular weight excluding hydrogens is 202 g/mol. The molecule has 0 aromatic heterocycles. The van der Waals surface area contributed by atoms with Crippen LogP contribution in [0.3, 0.4) is 0 Å². The van der Waals surface area contributed by atoms with Crippen molar-refractivity contribution in [2.75, 3.05) is 18.8 Å². The van der Waals surface area contributed by atoms with Crippen molar-refractivity contribution in [1.29, 1.82) is 0 Å². The van der Waals surface area contributed by atoms with Crippen LogP contribution in [-0.2, 0) is 0 Å². The lowest BCUT2D eigenvalue weighted by molar-refractivity contribution is 0.274. The van der Waals surface area contributed by atoms with Crippen LogP contribution in [0, 0.1) is 11.8 Å². The highest BCUT2D eigenvalue weighted by atomic mass is 32.2. The summed E-state index contributed by atoms with van der Waals surface area (Å²) in [6.07, 6.45) is 8.75. The number of nitrogens with one attached hydrogen (secondary N) is 1. The molecule has 2 fully saturated rings. The molecule has 0 spiro atoms. The minimum atomic E-state index is 0.922. The third kappa shape index (κ3) is 3.99. The molecule has 88 valence electrons. The van der Waals surface area contributed by atoms with Gasteiger partial charge in [0, 0.05) is 11.8 Å². The third-order valence-electron chi connectivity index (χ3n) is 3.87. The highest BCUT2D eigenvalue weighted by Crippen LogP contribution is 2.28. The molecule has 2 aliphatic rings. The van der Waals surface area contributed by atoms with E-state index >= 15 is 0 Å². The summed E-state index contributed by atoms with van der Waals surface area (Å²) >= 11 is 2.17. The molecule has 0 bridgehead atoms. The number of thioether (sulfide) groups is 1. The zero-order chi connectivity index (χ0) is 10.5. The molecule has 15 heavy (non-hydrogen) atoms. The molecule has 3 atom stereocenters. The predicted octanol–water partition coefficient (Wildman–Crippen LogP) is 3.30. The molecule has 0 aromatic carbocycles. The van der Waals surface area contributed by atoms with Gasteiger partial charge < -0.3 is 5.32 Å². The van der Waals surface area contributed by atoms with Crippen molar-refractivity contribution >= 4 is 11.8 Å². The summed E-state index contributed by atoms with van der Waals surface area (Å²) in [6.45, 7) is 4.95. The van der Waals surface area contributed by atoms with Crippen LogP contribution in [-0.4, -0.2) is 24.1 Å². The molecule has 1 aliphatic carbocycles. The Morgan fingerprint density at radius 1 is 1.13 bits per heavy atom. The Hall–Kier alpha value is 0.310. The van der Waals surface area contributed by atoms with Crippen molar-refractivity contribution in [2.45, 2.75) is 50.7 Å². The van der Waals surface area contributed by atoms with Gasteiger partial charge in [0.25, 0.3) is 0 Å². The van der Waals surface area contributed by atoms with E-state index in [1.807, 2.05) is 0 Å². The van der Waals surface area contributed by atoms with Gasteiger partial charge in [-0.3, -0.25) is 0 Å². The van der Waals surface area contributed by atoms with Crippen molar-refractivity contribution < 1.29 is 0 Å². The van der Waals surface area contributed by atoms with Gasteiger partial charge >= 0.3 is 0 Å².